The van der Waals surface area contributed by atoms with Crippen LogP contribution in [-0.4, -0.2) is 72.1 Å². The highest BCUT2D eigenvalue weighted by atomic mass is 79.9. The fourth-order valence-electron chi connectivity index (χ4n) is 4.74. The molecule has 1 aliphatic carbocycles. The van der Waals surface area contributed by atoms with Crippen LogP contribution in [0.5, 0.6) is 11.5 Å². The number of ether oxygens (including phenoxy) is 4. The van der Waals surface area contributed by atoms with Gasteiger partial charge in [0.05, 0.1) is 23.5 Å². The normalized spacial score (nSPS) is 36.6. The van der Waals surface area contributed by atoms with E-state index in [-0.39, 0.29) is 12.3 Å². The van der Waals surface area contributed by atoms with Gasteiger partial charge in [0.2, 0.25) is 5.91 Å². The van der Waals surface area contributed by atoms with Gasteiger partial charge < -0.3 is 29.0 Å². The number of rotatable bonds is 3. The van der Waals surface area contributed by atoms with Crippen LogP contribution in [0.25, 0.3) is 0 Å². The maximum absolute atomic E-state index is 13.0. The van der Waals surface area contributed by atoms with Crippen LogP contribution < -0.4 is 9.47 Å². The molecule has 0 spiro atoms. The van der Waals surface area contributed by atoms with Gasteiger partial charge in [-0.3, -0.25) is 4.79 Å². The molecule has 6 atom stereocenters. The molecule has 0 unspecified atom stereocenters. The number of benzene rings is 1. The van der Waals surface area contributed by atoms with Crippen molar-refractivity contribution >= 4 is 37.8 Å². The van der Waals surface area contributed by atoms with Crippen molar-refractivity contribution in [2.45, 2.75) is 60.7 Å². The summed E-state index contributed by atoms with van der Waals surface area (Å²) in [6, 6.07) is 3.77. The molecule has 2 aliphatic heterocycles. The predicted molar refractivity (Wildman–Crippen MR) is 113 cm³/mol. The summed E-state index contributed by atoms with van der Waals surface area (Å²) in [6.07, 6.45) is -2.45. The van der Waals surface area contributed by atoms with Gasteiger partial charge in [0, 0.05) is 30.6 Å². The number of carbonyl (C=O) groups excluding carboxylic acids is 1. The van der Waals surface area contributed by atoms with Crippen molar-refractivity contribution in [2.24, 2.45) is 0 Å². The SMILES string of the molecule is COc1cc(Br)cc2c1O[C@@H]1[C@@H](Br)[C@@H](O)[C@@H]3OC(C)(C)O[C@@H]3[C@]21CC(=O)N(C)C. The average Bonchev–Trinajstić information content (AvgIpc) is 3.14. The van der Waals surface area contributed by atoms with E-state index in [2.05, 4.69) is 31.9 Å². The van der Waals surface area contributed by atoms with Gasteiger partial charge in [-0.1, -0.05) is 31.9 Å². The molecular weight excluding hydrogens is 510 g/mol. The number of hydrogen-bond acceptors (Lipinski definition) is 6. The third-order valence-corrected chi connectivity index (χ3v) is 7.50. The third-order valence-electron chi connectivity index (χ3n) is 6.02. The van der Waals surface area contributed by atoms with Gasteiger partial charge in [0.1, 0.15) is 18.3 Å². The molecule has 1 aromatic carbocycles. The topological polar surface area (TPSA) is 77.5 Å². The number of nitrogens with zero attached hydrogens (tertiary/aromatic N) is 1. The molecular formula is C20H25Br2NO6. The van der Waals surface area contributed by atoms with Crippen molar-refractivity contribution in [3.8, 4) is 11.5 Å². The first-order chi connectivity index (χ1) is 13.5. The number of halogens is 2. The Morgan fingerprint density at radius 3 is 2.59 bits per heavy atom. The summed E-state index contributed by atoms with van der Waals surface area (Å²) in [5, 5.41) is 11.0. The van der Waals surface area contributed by atoms with E-state index in [1.165, 1.54) is 0 Å². The minimum atomic E-state index is -0.898. The standard InChI is InChI=1S/C20H25Br2NO6/c1-19(2)28-16-14(25)13(22)17-20(18(16)29-19,8-12(24)23(3)4)10-6-9(21)7-11(26-5)15(10)27-17/h6-7,13-14,16-18,25H,8H2,1-5H3/t13-,14+,16-,17+,18-,20+/m0/s1. The molecule has 0 bridgehead atoms. The molecule has 7 nitrogen and oxygen atoms in total. The lowest BCUT2D eigenvalue weighted by Gasteiger charge is -2.48. The van der Waals surface area contributed by atoms with Gasteiger partial charge in [0.25, 0.3) is 0 Å². The minimum absolute atomic E-state index is 0.0615. The smallest absolute Gasteiger partial charge is 0.223 e. The van der Waals surface area contributed by atoms with E-state index in [0.717, 1.165) is 10.0 Å². The number of carbonyl (C=O) groups is 1. The van der Waals surface area contributed by atoms with Crippen LogP contribution in [0.15, 0.2) is 16.6 Å². The monoisotopic (exact) mass is 533 g/mol. The molecule has 1 saturated carbocycles. The summed E-state index contributed by atoms with van der Waals surface area (Å²) in [7, 11) is 5.03. The Bertz CT molecular complexity index is 847. The second-order valence-corrected chi connectivity index (χ2v) is 10.5. The number of aliphatic hydroxyl groups is 1. The van der Waals surface area contributed by atoms with Crippen LogP contribution in [0.1, 0.15) is 25.8 Å². The van der Waals surface area contributed by atoms with Gasteiger partial charge in [-0.05, 0) is 26.0 Å². The van der Waals surface area contributed by atoms with Crippen LogP contribution in [0.2, 0.25) is 0 Å². The van der Waals surface area contributed by atoms with E-state index in [1.54, 1.807) is 26.1 Å². The lowest BCUT2D eigenvalue weighted by Crippen LogP contribution is -2.66. The number of amides is 1. The summed E-state index contributed by atoms with van der Waals surface area (Å²) >= 11 is 7.18. The fourth-order valence-corrected chi connectivity index (χ4v) is 6.06. The van der Waals surface area contributed by atoms with Gasteiger partial charge in [-0.2, -0.15) is 0 Å². The molecule has 0 radical (unpaired) electrons. The summed E-state index contributed by atoms with van der Waals surface area (Å²) in [5.74, 6) is 0.168. The molecule has 1 N–H and O–H groups in total. The largest absolute Gasteiger partial charge is 0.493 e. The first-order valence-electron chi connectivity index (χ1n) is 9.44. The van der Waals surface area contributed by atoms with Gasteiger partial charge in [-0.15, -0.1) is 0 Å². The van der Waals surface area contributed by atoms with Crippen LogP contribution in [0, 0.1) is 0 Å². The number of alkyl halides is 1. The van der Waals surface area contributed by atoms with E-state index in [9.17, 15) is 9.90 Å². The maximum Gasteiger partial charge on any atom is 0.223 e. The average molecular weight is 535 g/mol. The highest BCUT2D eigenvalue weighted by Gasteiger charge is 2.70. The van der Waals surface area contributed by atoms with Crippen LogP contribution in [0.4, 0.5) is 0 Å². The Labute approximate surface area is 186 Å². The highest BCUT2D eigenvalue weighted by Crippen LogP contribution is 2.60. The summed E-state index contributed by atoms with van der Waals surface area (Å²) in [6.45, 7) is 3.63. The van der Waals surface area contributed by atoms with Gasteiger partial charge in [0.15, 0.2) is 17.3 Å². The van der Waals surface area contributed by atoms with E-state index >= 15 is 0 Å². The van der Waals surface area contributed by atoms with Gasteiger partial charge >= 0.3 is 0 Å². The first-order valence-corrected chi connectivity index (χ1v) is 11.2. The fraction of sp³-hybridized carbons (Fsp3) is 0.650. The van der Waals surface area contributed by atoms with Gasteiger partial charge in [-0.25, -0.2) is 0 Å². The molecule has 4 rings (SSSR count). The third kappa shape index (κ3) is 3.12. The minimum Gasteiger partial charge on any atom is -0.493 e. The number of fused-ring (bicyclic) bond motifs is 5. The van der Waals surface area contributed by atoms with E-state index < -0.39 is 40.4 Å². The molecule has 2 heterocycles. The molecule has 1 saturated heterocycles. The summed E-state index contributed by atoms with van der Waals surface area (Å²) in [4.78, 5) is 14.1. The van der Waals surface area contributed by atoms with Crippen molar-refractivity contribution in [3.63, 3.8) is 0 Å². The van der Waals surface area contributed by atoms with Crippen molar-refractivity contribution in [3.05, 3.63) is 22.2 Å². The number of methoxy groups -OCH3 is 1. The number of hydrogen-bond donors (Lipinski definition) is 1. The molecule has 9 heteroatoms. The second-order valence-electron chi connectivity index (χ2n) is 8.48. The second kappa shape index (κ2) is 7.09. The molecule has 1 amide bonds. The Morgan fingerprint density at radius 1 is 1.28 bits per heavy atom. The van der Waals surface area contributed by atoms with Crippen molar-refractivity contribution in [2.75, 3.05) is 21.2 Å². The number of aliphatic hydroxyl groups excluding tert-OH is 1. The Morgan fingerprint density at radius 2 is 1.97 bits per heavy atom. The summed E-state index contributed by atoms with van der Waals surface area (Å²) in [5.41, 5.74) is -0.0453. The molecule has 160 valence electrons. The van der Waals surface area contributed by atoms with Crippen molar-refractivity contribution in [1.82, 2.24) is 4.90 Å². The molecule has 2 fully saturated rings. The van der Waals surface area contributed by atoms with E-state index in [4.69, 9.17) is 18.9 Å². The predicted octanol–water partition coefficient (Wildman–Crippen LogP) is 2.59. The van der Waals surface area contributed by atoms with Crippen LogP contribution in [0.3, 0.4) is 0 Å². The molecule has 3 aliphatic rings. The molecule has 29 heavy (non-hydrogen) atoms. The Balaban J connectivity index is 1.96. The zero-order valence-electron chi connectivity index (χ0n) is 16.9. The van der Waals surface area contributed by atoms with Crippen LogP contribution in [-0.2, 0) is 19.7 Å². The van der Waals surface area contributed by atoms with Crippen LogP contribution >= 0.6 is 31.9 Å². The quantitative estimate of drug-likeness (QED) is 0.601. The van der Waals surface area contributed by atoms with Crippen molar-refractivity contribution in [1.29, 1.82) is 0 Å². The van der Waals surface area contributed by atoms with E-state index in [0.29, 0.717) is 11.5 Å². The zero-order valence-corrected chi connectivity index (χ0v) is 20.1. The Kier molecular flexibility index (Phi) is 5.22. The van der Waals surface area contributed by atoms with E-state index in [1.807, 2.05) is 26.0 Å². The first kappa shape index (κ1) is 21.4. The zero-order chi connectivity index (χ0) is 21.3. The van der Waals surface area contributed by atoms with Crippen molar-refractivity contribution < 1.29 is 28.8 Å². The maximum atomic E-state index is 13.0. The Hall–Kier alpha value is -0.870. The lowest BCUT2D eigenvalue weighted by atomic mass is 9.62. The molecule has 0 aromatic heterocycles. The summed E-state index contributed by atoms with van der Waals surface area (Å²) < 4.78 is 25.2. The highest BCUT2D eigenvalue weighted by molar-refractivity contribution is 9.10. The molecule has 1 aromatic rings. The lowest BCUT2D eigenvalue weighted by molar-refractivity contribution is -0.157.